The number of hydrogen-bond donors (Lipinski definition) is 1. The third-order valence-electron chi connectivity index (χ3n) is 2.52. The van der Waals surface area contributed by atoms with Crippen LogP contribution in [-0.4, -0.2) is 47.4 Å². The van der Waals surface area contributed by atoms with Crippen molar-refractivity contribution < 1.29 is 14.7 Å². The van der Waals surface area contributed by atoms with Crippen molar-refractivity contribution >= 4 is 12.2 Å². The van der Waals surface area contributed by atoms with Crippen LogP contribution >= 0.6 is 0 Å². The summed E-state index contributed by atoms with van der Waals surface area (Å²) in [6, 6.07) is 3.57. The predicted octanol–water partition coefficient (Wildman–Crippen LogP) is 2.32. The highest BCUT2D eigenvalue weighted by atomic mass is 16.2. The van der Waals surface area contributed by atoms with E-state index in [0.29, 0.717) is 18.8 Å². The number of carbonyl (C=O) groups is 2. The third-order valence-corrected chi connectivity index (χ3v) is 2.52. The summed E-state index contributed by atoms with van der Waals surface area (Å²) in [6.07, 6.45) is 2.57. The van der Waals surface area contributed by atoms with Gasteiger partial charge in [0.15, 0.2) is 0 Å². The minimum absolute atomic E-state index is 0.0133. The van der Waals surface area contributed by atoms with E-state index in [1.54, 1.807) is 17.2 Å². The lowest BCUT2D eigenvalue weighted by Crippen LogP contribution is -2.50. The molecule has 0 spiro atoms. The van der Waals surface area contributed by atoms with E-state index >= 15 is 0 Å². The number of nitrogens with zero attached hydrogens (tertiary/aromatic N) is 2. The van der Waals surface area contributed by atoms with Gasteiger partial charge in [-0.1, -0.05) is 33.8 Å². The molecule has 0 unspecified atom stereocenters. The Hall–Kier alpha value is -1.75. The Morgan fingerprint density at radius 1 is 1.24 bits per heavy atom. The largest absolute Gasteiger partial charge is 0.400 e. The predicted molar refractivity (Wildman–Crippen MR) is 85.3 cm³/mol. The van der Waals surface area contributed by atoms with E-state index in [4.69, 9.17) is 5.11 Å². The molecule has 0 radical (unpaired) electrons. The van der Waals surface area contributed by atoms with Crippen molar-refractivity contribution in [3.8, 4) is 0 Å². The first-order valence-corrected chi connectivity index (χ1v) is 7.32. The standard InChI is InChI=1S/C11H12N2O2.2C2H6.CH4O/c1-8-2-3-10(12-4-8)11(15)13-5-9(6-13)7-14;3*1-2/h2-4,7,9H,5-6H2,1H3;2*1-2H3;2H,1H3. The zero-order valence-corrected chi connectivity index (χ0v) is 14.0. The summed E-state index contributed by atoms with van der Waals surface area (Å²) in [4.78, 5) is 27.8. The van der Waals surface area contributed by atoms with Gasteiger partial charge < -0.3 is 14.8 Å². The Morgan fingerprint density at radius 2 is 1.76 bits per heavy atom. The van der Waals surface area contributed by atoms with Crippen molar-refractivity contribution in [3.05, 3.63) is 29.6 Å². The van der Waals surface area contributed by atoms with Gasteiger partial charge in [0, 0.05) is 32.3 Å². The van der Waals surface area contributed by atoms with Crippen LogP contribution in [0.1, 0.15) is 43.7 Å². The van der Waals surface area contributed by atoms with Crippen molar-refractivity contribution in [1.82, 2.24) is 9.88 Å². The molecule has 1 N–H and O–H groups in total. The highest BCUT2D eigenvalue weighted by Gasteiger charge is 2.31. The molecule has 120 valence electrons. The summed E-state index contributed by atoms with van der Waals surface area (Å²) in [6.45, 7) is 11.0. The highest BCUT2D eigenvalue weighted by Crippen LogP contribution is 2.15. The molecule has 2 rings (SSSR count). The average molecular weight is 296 g/mol. The van der Waals surface area contributed by atoms with Gasteiger partial charge in [0.05, 0.1) is 0 Å². The Kier molecular flexibility index (Phi) is 13.6. The van der Waals surface area contributed by atoms with Crippen LogP contribution in [0.5, 0.6) is 0 Å². The first-order chi connectivity index (χ1) is 10.2. The van der Waals surface area contributed by atoms with Crippen molar-refractivity contribution in [1.29, 1.82) is 0 Å². The van der Waals surface area contributed by atoms with Crippen LogP contribution in [0.25, 0.3) is 0 Å². The molecular formula is C16H28N2O3. The van der Waals surface area contributed by atoms with Crippen molar-refractivity contribution in [2.75, 3.05) is 20.2 Å². The molecule has 5 nitrogen and oxygen atoms in total. The molecule has 0 aliphatic carbocycles. The van der Waals surface area contributed by atoms with Crippen molar-refractivity contribution in [3.63, 3.8) is 0 Å². The fourth-order valence-electron chi connectivity index (χ4n) is 1.52. The van der Waals surface area contributed by atoms with Gasteiger partial charge in [-0.05, 0) is 18.6 Å². The van der Waals surface area contributed by atoms with E-state index in [-0.39, 0.29) is 11.8 Å². The monoisotopic (exact) mass is 296 g/mol. The number of aldehydes is 1. The summed E-state index contributed by atoms with van der Waals surface area (Å²) in [5.74, 6) is -0.0764. The fourth-order valence-corrected chi connectivity index (χ4v) is 1.52. The van der Waals surface area contributed by atoms with Gasteiger partial charge in [-0.3, -0.25) is 9.78 Å². The normalized spacial score (nSPS) is 12.2. The second kappa shape index (κ2) is 13.2. The molecule has 1 fully saturated rings. The Morgan fingerprint density at radius 3 is 2.14 bits per heavy atom. The zero-order chi connectivity index (χ0) is 16.8. The van der Waals surface area contributed by atoms with Crippen LogP contribution in [0.4, 0.5) is 0 Å². The SMILES string of the molecule is CC.CC.CO.Cc1ccc(C(=O)N2CC(C=O)C2)nc1. The quantitative estimate of drug-likeness (QED) is 0.850. The molecule has 5 heteroatoms. The maximum Gasteiger partial charge on any atom is 0.272 e. The summed E-state index contributed by atoms with van der Waals surface area (Å²) in [5, 5.41) is 7.00. The molecule has 0 saturated carbocycles. The number of aliphatic hydroxyl groups is 1. The summed E-state index contributed by atoms with van der Waals surface area (Å²) >= 11 is 0. The lowest BCUT2D eigenvalue weighted by Gasteiger charge is -2.35. The van der Waals surface area contributed by atoms with E-state index in [1.807, 2.05) is 40.7 Å². The molecule has 1 aromatic heterocycles. The molecule has 1 aliphatic heterocycles. The van der Waals surface area contributed by atoms with E-state index in [9.17, 15) is 9.59 Å². The number of hydrogen-bond acceptors (Lipinski definition) is 4. The molecular weight excluding hydrogens is 268 g/mol. The second-order valence-electron chi connectivity index (χ2n) is 3.83. The van der Waals surface area contributed by atoms with Crippen molar-refractivity contribution in [2.24, 2.45) is 5.92 Å². The van der Waals surface area contributed by atoms with Gasteiger partial charge in [-0.2, -0.15) is 0 Å². The number of amides is 1. The zero-order valence-electron chi connectivity index (χ0n) is 14.0. The number of pyridine rings is 1. The van der Waals surface area contributed by atoms with E-state index in [1.165, 1.54) is 0 Å². The number of aryl methyl sites for hydroxylation is 1. The maximum absolute atomic E-state index is 11.7. The Labute approximate surface area is 128 Å². The van der Waals surface area contributed by atoms with Crippen LogP contribution in [-0.2, 0) is 4.79 Å². The molecule has 0 aromatic carbocycles. The molecule has 1 amide bonds. The molecule has 0 bridgehead atoms. The van der Waals surface area contributed by atoms with Crippen LogP contribution in [0.3, 0.4) is 0 Å². The highest BCUT2D eigenvalue weighted by molar-refractivity contribution is 5.93. The second-order valence-corrected chi connectivity index (χ2v) is 3.83. The van der Waals surface area contributed by atoms with Crippen LogP contribution in [0.2, 0.25) is 0 Å². The average Bonchev–Trinajstić information content (AvgIpc) is 2.53. The molecule has 2 heterocycles. The Bertz CT molecular complexity index is 385. The smallest absolute Gasteiger partial charge is 0.272 e. The summed E-state index contributed by atoms with van der Waals surface area (Å²) in [5.41, 5.74) is 1.48. The van der Waals surface area contributed by atoms with Crippen LogP contribution < -0.4 is 0 Å². The Balaban J connectivity index is 0. The maximum atomic E-state index is 11.7. The number of aliphatic hydroxyl groups excluding tert-OH is 1. The van der Waals surface area contributed by atoms with Gasteiger partial charge in [-0.15, -0.1) is 0 Å². The summed E-state index contributed by atoms with van der Waals surface area (Å²) < 4.78 is 0. The third kappa shape index (κ3) is 6.99. The molecule has 21 heavy (non-hydrogen) atoms. The van der Waals surface area contributed by atoms with E-state index in [2.05, 4.69) is 4.98 Å². The first kappa shape index (κ1) is 21.5. The number of aromatic nitrogens is 1. The molecule has 1 saturated heterocycles. The van der Waals surface area contributed by atoms with Gasteiger partial charge in [0.25, 0.3) is 5.91 Å². The fraction of sp³-hybridized carbons (Fsp3) is 0.562. The molecule has 1 aliphatic rings. The summed E-state index contributed by atoms with van der Waals surface area (Å²) in [7, 11) is 1.00. The number of carbonyl (C=O) groups excluding carboxylic acids is 2. The lowest BCUT2D eigenvalue weighted by molar-refractivity contribution is -0.114. The van der Waals surface area contributed by atoms with Gasteiger partial charge >= 0.3 is 0 Å². The van der Waals surface area contributed by atoms with E-state index < -0.39 is 0 Å². The minimum Gasteiger partial charge on any atom is -0.400 e. The topological polar surface area (TPSA) is 70.5 Å². The van der Waals surface area contributed by atoms with Gasteiger partial charge in [0.2, 0.25) is 0 Å². The van der Waals surface area contributed by atoms with Gasteiger partial charge in [-0.25, -0.2) is 0 Å². The number of rotatable bonds is 2. The molecule has 1 aromatic rings. The van der Waals surface area contributed by atoms with Gasteiger partial charge in [0.1, 0.15) is 12.0 Å². The number of likely N-dealkylation sites (tertiary alicyclic amines) is 1. The lowest BCUT2D eigenvalue weighted by atomic mass is 10.0. The minimum atomic E-state index is -0.0897. The van der Waals surface area contributed by atoms with E-state index in [0.717, 1.165) is 19.0 Å². The molecule has 0 atom stereocenters. The van der Waals surface area contributed by atoms with Crippen LogP contribution in [0.15, 0.2) is 18.3 Å². The van der Waals surface area contributed by atoms with Crippen molar-refractivity contribution in [2.45, 2.75) is 34.6 Å². The van der Waals surface area contributed by atoms with Crippen LogP contribution in [0, 0.1) is 12.8 Å². The first-order valence-electron chi connectivity index (χ1n) is 7.32.